The Bertz CT molecular complexity index is 571. The van der Waals surface area contributed by atoms with Crippen LogP contribution < -0.4 is 10.1 Å². The Labute approximate surface area is 129 Å². The van der Waals surface area contributed by atoms with Crippen LogP contribution in [0.4, 0.5) is 4.39 Å². The fraction of sp³-hybridized carbons (Fsp3) is 0.438. The van der Waals surface area contributed by atoms with Crippen molar-refractivity contribution in [3.8, 4) is 5.75 Å². The first-order valence-corrected chi connectivity index (χ1v) is 8.15. The van der Waals surface area contributed by atoms with Gasteiger partial charge in [0, 0.05) is 18.0 Å². The molecule has 0 aliphatic carbocycles. The smallest absolute Gasteiger partial charge is 0.131 e. The topological polar surface area (TPSA) is 34.1 Å². The molecule has 3 nitrogen and oxygen atoms in total. The SMILES string of the molecule is CCCc1nc(COc2cc(F)cc(CNCC)c2)cs1. The number of hydrogen-bond acceptors (Lipinski definition) is 4. The Morgan fingerprint density at radius 2 is 2.14 bits per heavy atom. The summed E-state index contributed by atoms with van der Waals surface area (Å²) in [6.07, 6.45) is 2.09. The van der Waals surface area contributed by atoms with Crippen molar-refractivity contribution in [2.24, 2.45) is 0 Å². The highest BCUT2D eigenvalue weighted by Gasteiger charge is 2.05. The molecular weight excluding hydrogens is 287 g/mol. The highest BCUT2D eigenvalue weighted by atomic mass is 32.1. The van der Waals surface area contributed by atoms with Crippen LogP contribution in [0.5, 0.6) is 5.75 Å². The van der Waals surface area contributed by atoms with E-state index in [0.29, 0.717) is 18.9 Å². The van der Waals surface area contributed by atoms with Crippen molar-refractivity contribution in [2.75, 3.05) is 6.54 Å². The normalized spacial score (nSPS) is 10.8. The number of nitrogens with one attached hydrogen (secondary N) is 1. The third-order valence-electron chi connectivity index (χ3n) is 2.96. The van der Waals surface area contributed by atoms with Crippen molar-refractivity contribution in [1.82, 2.24) is 10.3 Å². The summed E-state index contributed by atoms with van der Waals surface area (Å²) in [5.41, 5.74) is 1.79. The molecule has 0 atom stereocenters. The second kappa shape index (κ2) is 8.10. The summed E-state index contributed by atoms with van der Waals surface area (Å²) in [5, 5.41) is 6.31. The van der Waals surface area contributed by atoms with E-state index in [9.17, 15) is 4.39 Å². The molecule has 5 heteroatoms. The number of benzene rings is 1. The van der Waals surface area contributed by atoms with Crippen molar-refractivity contribution in [2.45, 2.75) is 39.8 Å². The molecule has 2 rings (SSSR count). The zero-order valence-electron chi connectivity index (χ0n) is 12.5. The van der Waals surface area contributed by atoms with Crippen LogP contribution in [0.2, 0.25) is 0 Å². The molecule has 1 aromatic heterocycles. The lowest BCUT2D eigenvalue weighted by molar-refractivity contribution is 0.300. The van der Waals surface area contributed by atoms with Gasteiger partial charge in [-0.1, -0.05) is 13.8 Å². The van der Waals surface area contributed by atoms with Gasteiger partial charge in [-0.05, 0) is 37.1 Å². The van der Waals surface area contributed by atoms with Crippen molar-refractivity contribution in [3.63, 3.8) is 0 Å². The fourth-order valence-electron chi connectivity index (χ4n) is 1.98. The molecule has 21 heavy (non-hydrogen) atoms. The highest BCUT2D eigenvalue weighted by Crippen LogP contribution is 2.19. The summed E-state index contributed by atoms with van der Waals surface area (Å²) in [4.78, 5) is 4.50. The Hall–Kier alpha value is -1.46. The number of nitrogens with zero attached hydrogens (tertiary/aromatic N) is 1. The number of rotatable bonds is 8. The van der Waals surface area contributed by atoms with Crippen LogP contribution in [0, 0.1) is 5.82 Å². The van der Waals surface area contributed by atoms with Crippen LogP contribution in [-0.4, -0.2) is 11.5 Å². The molecule has 0 bridgehead atoms. The van der Waals surface area contributed by atoms with Gasteiger partial charge in [-0.3, -0.25) is 0 Å². The first kappa shape index (κ1) is 15.9. The van der Waals surface area contributed by atoms with E-state index in [-0.39, 0.29) is 5.82 Å². The lowest BCUT2D eigenvalue weighted by atomic mass is 10.2. The van der Waals surface area contributed by atoms with E-state index in [1.54, 1.807) is 11.3 Å². The first-order valence-electron chi connectivity index (χ1n) is 7.27. The minimum atomic E-state index is -0.273. The van der Waals surface area contributed by atoms with Gasteiger partial charge in [0.15, 0.2) is 0 Å². The second-order valence-electron chi connectivity index (χ2n) is 4.85. The number of ether oxygens (including phenoxy) is 1. The van der Waals surface area contributed by atoms with Gasteiger partial charge in [-0.25, -0.2) is 9.37 Å². The van der Waals surface area contributed by atoms with Gasteiger partial charge in [-0.15, -0.1) is 11.3 Å². The molecule has 1 N–H and O–H groups in total. The van der Waals surface area contributed by atoms with Crippen LogP contribution in [-0.2, 0) is 19.6 Å². The van der Waals surface area contributed by atoms with Gasteiger partial charge in [0.25, 0.3) is 0 Å². The Balaban J connectivity index is 1.96. The summed E-state index contributed by atoms with van der Waals surface area (Å²) in [6, 6.07) is 4.80. The molecule has 2 aromatic rings. The van der Waals surface area contributed by atoms with Gasteiger partial charge in [0.2, 0.25) is 0 Å². The van der Waals surface area contributed by atoms with E-state index in [1.165, 1.54) is 12.1 Å². The van der Waals surface area contributed by atoms with Gasteiger partial charge in [-0.2, -0.15) is 0 Å². The average Bonchev–Trinajstić information content (AvgIpc) is 2.91. The van der Waals surface area contributed by atoms with Crippen LogP contribution in [0.25, 0.3) is 0 Å². The van der Waals surface area contributed by atoms with E-state index < -0.39 is 0 Å². The van der Waals surface area contributed by atoms with E-state index >= 15 is 0 Å². The predicted octanol–water partition coefficient (Wildman–Crippen LogP) is 3.92. The monoisotopic (exact) mass is 308 g/mol. The van der Waals surface area contributed by atoms with Crippen LogP contribution in [0.1, 0.15) is 36.5 Å². The minimum Gasteiger partial charge on any atom is -0.487 e. The Morgan fingerprint density at radius 1 is 1.29 bits per heavy atom. The predicted molar refractivity (Wildman–Crippen MR) is 84.2 cm³/mol. The van der Waals surface area contributed by atoms with Crippen LogP contribution in [0.3, 0.4) is 0 Å². The molecule has 0 spiro atoms. The quantitative estimate of drug-likeness (QED) is 0.802. The van der Waals surface area contributed by atoms with E-state index in [4.69, 9.17) is 4.74 Å². The molecule has 0 amide bonds. The molecule has 0 aliphatic rings. The van der Waals surface area contributed by atoms with Crippen molar-refractivity contribution in [3.05, 3.63) is 45.7 Å². The van der Waals surface area contributed by atoms with Crippen molar-refractivity contribution >= 4 is 11.3 Å². The molecule has 0 radical (unpaired) electrons. The lowest BCUT2D eigenvalue weighted by Crippen LogP contribution is -2.12. The van der Waals surface area contributed by atoms with Gasteiger partial charge >= 0.3 is 0 Å². The maximum atomic E-state index is 13.6. The maximum Gasteiger partial charge on any atom is 0.131 e. The molecule has 114 valence electrons. The van der Waals surface area contributed by atoms with Gasteiger partial charge in [0.1, 0.15) is 18.2 Å². The summed E-state index contributed by atoms with van der Waals surface area (Å²) in [5.74, 6) is 0.276. The molecule has 0 saturated heterocycles. The average molecular weight is 308 g/mol. The van der Waals surface area contributed by atoms with Crippen LogP contribution in [0.15, 0.2) is 23.6 Å². The van der Waals surface area contributed by atoms with Crippen LogP contribution >= 0.6 is 11.3 Å². The Kier molecular flexibility index (Phi) is 6.14. The van der Waals surface area contributed by atoms with Crippen molar-refractivity contribution in [1.29, 1.82) is 0 Å². The molecular formula is C16H21FN2OS. The molecule has 0 aliphatic heterocycles. The van der Waals surface area contributed by atoms with Gasteiger partial charge in [0.05, 0.1) is 10.7 Å². The van der Waals surface area contributed by atoms with E-state index in [1.807, 2.05) is 18.4 Å². The zero-order chi connectivity index (χ0) is 15.1. The maximum absolute atomic E-state index is 13.6. The summed E-state index contributed by atoms with van der Waals surface area (Å²) in [6.45, 7) is 6.03. The van der Waals surface area contributed by atoms with E-state index in [0.717, 1.165) is 35.7 Å². The summed E-state index contributed by atoms with van der Waals surface area (Å²) >= 11 is 1.65. The molecule has 0 fully saturated rings. The van der Waals surface area contributed by atoms with Crippen molar-refractivity contribution < 1.29 is 9.13 Å². The first-order chi connectivity index (χ1) is 10.2. The standard InChI is InChI=1S/C16H21FN2OS/c1-3-5-16-19-14(11-21-16)10-20-15-7-12(9-18-4-2)6-13(17)8-15/h6-8,11,18H,3-5,9-10H2,1-2H3. The summed E-state index contributed by atoms with van der Waals surface area (Å²) < 4.78 is 19.2. The third kappa shape index (κ3) is 5.10. The third-order valence-corrected chi connectivity index (χ3v) is 3.92. The molecule has 0 unspecified atom stereocenters. The summed E-state index contributed by atoms with van der Waals surface area (Å²) in [7, 11) is 0. The minimum absolute atomic E-state index is 0.273. The lowest BCUT2D eigenvalue weighted by Gasteiger charge is -2.08. The molecule has 0 saturated carbocycles. The zero-order valence-corrected chi connectivity index (χ0v) is 13.3. The number of hydrogen-bond donors (Lipinski definition) is 1. The van der Waals surface area contributed by atoms with Gasteiger partial charge < -0.3 is 10.1 Å². The fourth-order valence-corrected chi connectivity index (χ4v) is 2.86. The number of aromatic nitrogens is 1. The highest BCUT2D eigenvalue weighted by molar-refractivity contribution is 7.09. The number of thiazole rings is 1. The molecule has 1 heterocycles. The Morgan fingerprint density at radius 3 is 2.90 bits per heavy atom. The molecule has 1 aromatic carbocycles. The van der Waals surface area contributed by atoms with E-state index in [2.05, 4.69) is 17.2 Å². The number of halogens is 1. The number of aryl methyl sites for hydroxylation is 1. The largest absolute Gasteiger partial charge is 0.487 e. The second-order valence-corrected chi connectivity index (χ2v) is 5.79.